The summed E-state index contributed by atoms with van der Waals surface area (Å²) in [5.41, 5.74) is 3.07. The molecule has 0 amide bonds. The monoisotopic (exact) mass is 264 g/mol. The van der Waals surface area contributed by atoms with E-state index in [1.54, 1.807) is 0 Å². The second-order valence-electron chi connectivity index (χ2n) is 7.05. The number of hydrogen-bond acceptors (Lipinski definition) is 2. The van der Waals surface area contributed by atoms with E-state index < -0.39 is 0 Å². The van der Waals surface area contributed by atoms with Gasteiger partial charge in [0.2, 0.25) is 5.96 Å². The van der Waals surface area contributed by atoms with Gasteiger partial charge in [-0.25, -0.2) is 5.84 Å². The Labute approximate surface area is 116 Å². The number of guanidine groups is 1. The predicted octanol–water partition coefficient (Wildman–Crippen LogP) is 2.16. The van der Waals surface area contributed by atoms with Crippen LogP contribution in [0.5, 0.6) is 0 Å². The molecule has 0 atom stereocenters. The molecule has 0 unspecified atom stereocenters. The molecule has 0 radical (unpaired) electrons. The van der Waals surface area contributed by atoms with Crippen LogP contribution in [0, 0.1) is 17.8 Å². The molecule has 4 heteroatoms. The number of aliphatic imine (C=N–C) groups is 1. The van der Waals surface area contributed by atoms with Crippen molar-refractivity contribution in [3.63, 3.8) is 0 Å². The molecule has 4 saturated carbocycles. The fourth-order valence-electron chi connectivity index (χ4n) is 4.99. The fourth-order valence-corrected chi connectivity index (χ4v) is 4.99. The van der Waals surface area contributed by atoms with E-state index >= 15 is 0 Å². The highest BCUT2D eigenvalue weighted by Gasteiger charge is 2.51. The number of unbranched alkanes of at least 4 members (excludes halogenated alkanes) is 1. The second kappa shape index (κ2) is 5.31. The Balaban J connectivity index is 1.66. The normalized spacial score (nSPS) is 40.5. The van der Waals surface area contributed by atoms with Crippen molar-refractivity contribution >= 4 is 5.96 Å². The highest BCUT2D eigenvalue weighted by Crippen LogP contribution is 2.55. The molecule has 4 rings (SSSR count). The Morgan fingerprint density at radius 3 is 2.21 bits per heavy atom. The van der Waals surface area contributed by atoms with Gasteiger partial charge in [0.1, 0.15) is 0 Å². The van der Waals surface area contributed by atoms with Crippen molar-refractivity contribution < 1.29 is 0 Å². The van der Waals surface area contributed by atoms with Crippen LogP contribution in [0.15, 0.2) is 4.99 Å². The molecule has 0 aliphatic heterocycles. The molecule has 0 heterocycles. The summed E-state index contributed by atoms with van der Waals surface area (Å²) in [6.45, 7) is 3.06. The van der Waals surface area contributed by atoms with Gasteiger partial charge in [-0.05, 0) is 62.7 Å². The maximum atomic E-state index is 5.64. The van der Waals surface area contributed by atoms with Crippen LogP contribution in [0.2, 0.25) is 0 Å². The molecule has 0 saturated heterocycles. The average molecular weight is 264 g/mol. The van der Waals surface area contributed by atoms with Crippen molar-refractivity contribution in [3.8, 4) is 0 Å². The minimum Gasteiger partial charge on any atom is -0.350 e. The zero-order valence-corrected chi connectivity index (χ0v) is 12.1. The van der Waals surface area contributed by atoms with Crippen LogP contribution in [0.4, 0.5) is 0 Å². The lowest BCUT2D eigenvalue weighted by molar-refractivity contribution is -0.0105. The molecular formula is C15H28N4. The summed E-state index contributed by atoms with van der Waals surface area (Å²) in [6.07, 6.45) is 10.7. The van der Waals surface area contributed by atoms with E-state index in [1.165, 1.54) is 44.9 Å². The van der Waals surface area contributed by atoms with Gasteiger partial charge in [0, 0.05) is 12.1 Å². The van der Waals surface area contributed by atoms with Gasteiger partial charge in [-0.3, -0.25) is 10.4 Å². The van der Waals surface area contributed by atoms with Gasteiger partial charge in [-0.15, -0.1) is 0 Å². The molecule has 4 aliphatic carbocycles. The van der Waals surface area contributed by atoms with Crippen LogP contribution in [0.25, 0.3) is 0 Å². The number of nitrogens with zero attached hydrogens (tertiary/aromatic N) is 1. The van der Waals surface area contributed by atoms with E-state index in [9.17, 15) is 0 Å². The topological polar surface area (TPSA) is 62.4 Å². The Kier molecular flexibility index (Phi) is 3.70. The lowest BCUT2D eigenvalue weighted by Crippen LogP contribution is -2.62. The van der Waals surface area contributed by atoms with Crippen LogP contribution in [-0.2, 0) is 0 Å². The van der Waals surface area contributed by atoms with Crippen molar-refractivity contribution in [2.24, 2.45) is 28.6 Å². The van der Waals surface area contributed by atoms with Crippen LogP contribution < -0.4 is 16.6 Å². The maximum absolute atomic E-state index is 5.64. The molecule has 0 aromatic rings. The number of rotatable bonds is 4. The Morgan fingerprint density at radius 2 is 1.74 bits per heavy atom. The van der Waals surface area contributed by atoms with Crippen molar-refractivity contribution in [2.45, 2.75) is 63.8 Å². The minimum absolute atomic E-state index is 0.298. The maximum Gasteiger partial charge on any atom is 0.206 e. The first kappa shape index (κ1) is 13.2. The highest BCUT2D eigenvalue weighted by molar-refractivity contribution is 5.80. The molecule has 4 nitrogen and oxygen atoms in total. The Morgan fingerprint density at radius 1 is 1.16 bits per heavy atom. The molecule has 0 spiro atoms. The third-order valence-corrected chi connectivity index (χ3v) is 5.34. The van der Waals surface area contributed by atoms with Gasteiger partial charge >= 0.3 is 0 Å². The lowest BCUT2D eigenvalue weighted by atomic mass is 9.53. The van der Waals surface area contributed by atoms with Crippen LogP contribution in [0.3, 0.4) is 0 Å². The number of nitrogens with one attached hydrogen (secondary N) is 2. The van der Waals surface area contributed by atoms with Crippen molar-refractivity contribution in [1.82, 2.24) is 10.7 Å². The van der Waals surface area contributed by atoms with E-state index in [2.05, 4.69) is 22.7 Å². The lowest BCUT2D eigenvalue weighted by Gasteiger charge is -2.57. The minimum atomic E-state index is 0.298. The average Bonchev–Trinajstić information content (AvgIpc) is 2.36. The summed E-state index contributed by atoms with van der Waals surface area (Å²) in [6, 6.07) is 0. The quantitative estimate of drug-likeness (QED) is 0.240. The molecule has 0 aromatic carbocycles. The van der Waals surface area contributed by atoms with Crippen LogP contribution >= 0.6 is 0 Å². The third-order valence-electron chi connectivity index (χ3n) is 5.34. The smallest absolute Gasteiger partial charge is 0.206 e. The van der Waals surface area contributed by atoms with E-state index in [1.807, 2.05) is 0 Å². The molecule has 4 N–H and O–H groups in total. The second-order valence-corrected chi connectivity index (χ2v) is 7.05. The SMILES string of the molecule is CCCCN=C(NN)NC12CC3CC(CC(C3)C1)C2. The van der Waals surface area contributed by atoms with Gasteiger partial charge in [0.05, 0.1) is 0 Å². The van der Waals surface area contributed by atoms with Gasteiger partial charge in [0.25, 0.3) is 0 Å². The number of nitrogens with two attached hydrogens (primary N) is 1. The van der Waals surface area contributed by atoms with Gasteiger partial charge in [-0.2, -0.15) is 0 Å². The van der Waals surface area contributed by atoms with E-state index in [0.29, 0.717) is 5.54 Å². The molecule has 4 fully saturated rings. The van der Waals surface area contributed by atoms with Crippen molar-refractivity contribution in [2.75, 3.05) is 6.54 Å². The highest BCUT2D eigenvalue weighted by atomic mass is 15.3. The molecule has 108 valence electrons. The molecule has 4 bridgehead atoms. The standard InChI is InChI=1S/C15H28N4/c1-2-3-4-17-14(19-16)18-15-8-11-5-12(9-15)7-13(6-11)10-15/h11-13H,2-10,16H2,1H3,(H2,17,18,19). The molecule has 0 aromatic heterocycles. The van der Waals surface area contributed by atoms with Gasteiger partial charge in [0.15, 0.2) is 0 Å². The zero-order valence-electron chi connectivity index (χ0n) is 12.1. The first-order valence-electron chi connectivity index (χ1n) is 8.02. The summed E-state index contributed by atoms with van der Waals surface area (Å²) >= 11 is 0. The summed E-state index contributed by atoms with van der Waals surface area (Å²) in [7, 11) is 0. The zero-order chi connectivity index (χ0) is 13.3. The molecule has 19 heavy (non-hydrogen) atoms. The van der Waals surface area contributed by atoms with Crippen LogP contribution in [-0.4, -0.2) is 18.0 Å². The first-order chi connectivity index (χ1) is 9.23. The van der Waals surface area contributed by atoms with Crippen LogP contribution in [0.1, 0.15) is 58.3 Å². The van der Waals surface area contributed by atoms with E-state index in [4.69, 9.17) is 5.84 Å². The summed E-state index contributed by atoms with van der Waals surface area (Å²) in [4.78, 5) is 4.58. The predicted molar refractivity (Wildman–Crippen MR) is 78.6 cm³/mol. The summed E-state index contributed by atoms with van der Waals surface area (Å²) in [5, 5.41) is 3.68. The largest absolute Gasteiger partial charge is 0.350 e. The Bertz CT molecular complexity index is 315. The van der Waals surface area contributed by atoms with Crippen molar-refractivity contribution in [1.29, 1.82) is 0 Å². The molecule has 4 aliphatic rings. The summed E-state index contributed by atoms with van der Waals surface area (Å²) in [5.74, 6) is 9.31. The first-order valence-corrected chi connectivity index (χ1v) is 8.02. The number of hydrazine groups is 1. The third kappa shape index (κ3) is 2.73. The Hall–Kier alpha value is -0.770. The number of hydrogen-bond donors (Lipinski definition) is 3. The van der Waals surface area contributed by atoms with E-state index in [-0.39, 0.29) is 0 Å². The molecular weight excluding hydrogens is 236 g/mol. The van der Waals surface area contributed by atoms with E-state index in [0.717, 1.165) is 36.7 Å². The van der Waals surface area contributed by atoms with Crippen molar-refractivity contribution in [3.05, 3.63) is 0 Å². The van der Waals surface area contributed by atoms with Gasteiger partial charge < -0.3 is 5.32 Å². The summed E-state index contributed by atoms with van der Waals surface area (Å²) < 4.78 is 0. The fraction of sp³-hybridized carbons (Fsp3) is 0.933. The van der Waals surface area contributed by atoms with Gasteiger partial charge in [-0.1, -0.05) is 13.3 Å².